The van der Waals surface area contributed by atoms with Crippen LogP contribution in [0.25, 0.3) is 0 Å². The van der Waals surface area contributed by atoms with E-state index in [0.717, 1.165) is 25.2 Å². The van der Waals surface area contributed by atoms with Crippen molar-refractivity contribution in [3.8, 4) is 0 Å². The molecule has 7 nitrogen and oxygen atoms in total. The number of carbonyl (C=O) groups excluding carboxylic acids is 1. The molecule has 2 aliphatic rings. The first-order valence-electron chi connectivity index (χ1n) is 9.67. The molecule has 1 amide bonds. The van der Waals surface area contributed by atoms with Crippen LogP contribution in [0.3, 0.4) is 0 Å². The van der Waals surface area contributed by atoms with Gasteiger partial charge in [-0.1, -0.05) is 17.7 Å². The average Bonchev–Trinajstić information content (AvgIpc) is 3.34. The number of morpholine rings is 1. The van der Waals surface area contributed by atoms with E-state index in [0.29, 0.717) is 31.2 Å². The molecule has 1 atom stereocenters. The molecule has 0 spiro atoms. The van der Waals surface area contributed by atoms with E-state index in [2.05, 4.69) is 4.90 Å². The molecule has 4 rings (SSSR count). The minimum atomic E-state index is -3.72. The number of carbonyl (C=O) groups is 1. The summed E-state index contributed by atoms with van der Waals surface area (Å²) >= 11 is 1.48. The first-order valence-corrected chi connectivity index (χ1v) is 12.2. The minimum absolute atomic E-state index is 0.0498. The first-order chi connectivity index (χ1) is 14.0. The summed E-state index contributed by atoms with van der Waals surface area (Å²) in [6.45, 7) is 6.40. The number of hydrogen-bond acceptors (Lipinski definition) is 6. The van der Waals surface area contributed by atoms with Crippen molar-refractivity contribution in [3.63, 3.8) is 0 Å². The van der Waals surface area contributed by atoms with Crippen LogP contribution in [0.2, 0.25) is 0 Å². The highest BCUT2D eigenvalue weighted by molar-refractivity contribution is 8.00. The zero-order chi connectivity index (χ0) is 20.4. The van der Waals surface area contributed by atoms with Crippen molar-refractivity contribution in [2.45, 2.75) is 17.2 Å². The third-order valence-electron chi connectivity index (χ3n) is 5.30. The maximum atomic E-state index is 13.2. The van der Waals surface area contributed by atoms with E-state index in [1.807, 2.05) is 6.92 Å². The summed E-state index contributed by atoms with van der Waals surface area (Å²) in [5.74, 6) is 0.414. The molecule has 1 unspecified atom stereocenters. The van der Waals surface area contributed by atoms with Crippen LogP contribution in [0.5, 0.6) is 0 Å². The minimum Gasteiger partial charge on any atom is -0.379 e. The fraction of sp³-hybridized carbons (Fsp3) is 0.450. The van der Waals surface area contributed by atoms with Gasteiger partial charge in [-0.25, -0.2) is 12.4 Å². The highest BCUT2D eigenvalue weighted by atomic mass is 32.2. The van der Waals surface area contributed by atoms with Crippen molar-refractivity contribution in [1.29, 1.82) is 0 Å². The van der Waals surface area contributed by atoms with Crippen LogP contribution >= 0.6 is 11.8 Å². The lowest BCUT2D eigenvalue weighted by atomic mass is 10.2. The van der Waals surface area contributed by atoms with E-state index < -0.39 is 10.0 Å². The van der Waals surface area contributed by atoms with Gasteiger partial charge in [-0.05, 0) is 31.2 Å². The zero-order valence-electron chi connectivity index (χ0n) is 16.4. The third kappa shape index (κ3) is 4.23. The van der Waals surface area contributed by atoms with Gasteiger partial charge in [0, 0.05) is 32.4 Å². The maximum Gasteiger partial charge on any atom is 0.267 e. The third-order valence-corrected chi connectivity index (χ3v) is 8.25. The van der Waals surface area contributed by atoms with Gasteiger partial charge in [-0.3, -0.25) is 9.69 Å². The summed E-state index contributed by atoms with van der Waals surface area (Å²) in [6.07, 6.45) is 1.56. The molecule has 2 aromatic rings. The van der Waals surface area contributed by atoms with Gasteiger partial charge in [-0.15, -0.1) is 11.8 Å². The Labute approximate surface area is 175 Å². The lowest BCUT2D eigenvalue weighted by Crippen LogP contribution is -2.42. The summed E-state index contributed by atoms with van der Waals surface area (Å²) in [5.41, 5.74) is 1.62. The molecule has 0 bridgehead atoms. The predicted molar refractivity (Wildman–Crippen MR) is 112 cm³/mol. The number of rotatable bonds is 6. The molecule has 2 saturated heterocycles. The first kappa shape index (κ1) is 20.5. The van der Waals surface area contributed by atoms with Gasteiger partial charge >= 0.3 is 0 Å². The van der Waals surface area contributed by atoms with Crippen molar-refractivity contribution < 1.29 is 17.9 Å². The molecule has 29 heavy (non-hydrogen) atoms. The smallest absolute Gasteiger partial charge is 0.267 e. The van der Waals surface area contributed by atoms with Crippen molar-refractivity contribution >= 4 is 27.7 Å². The lowest BCUT2D eigenvalue weighted by molar-refractivity contribution is -0.128. The van der Waals surface area contributed by atoms with Crippen LogP contribution in [-0.4, -0.2) is 73.2 Å². The summed E-state index contributed by atoms with van der Waals surface area (Å²) in [6, 6.07) is 10.3. The maximum absolute atomic E-state index is 13.2. The molecule has 2 fully saturated rings. The Kier molecular flexibility index (Phi) is 6.00. The van der Waals surface area contributed by atoms with Crippen LogP contribution in [0, 0.1) is 6.92 Å². The Balaban J connectivity index is 1.57. The Bertz CT molecular complexity index is 966. The summed E-state index contributed by atoms with van der Waals surface area (Å²) in [4.78, 5) is 16.8. The Hall–Kier alpha value is -1.81. The number of ether oxygens (including phenoxy) is 1. The Morgan fingerprint density at radius 2 is 1.83 bits per heavy atom. The van der Waals surface area contributed by atoms with E-state index in [1.54, 1.807) is 47.5 Å². The van der Waals surface area contributed by atoms with Gasteiger partial charge in [0.15, 0.2) is 0 Å². The largest absolute Gasteiger partial charge is 0.379 e. The second kappa shape index (κ2) is 8.51. The molecule has 0 saturated carbocycles. The number of hydrogen-bond donors (Lipinski definition) is 0. The van der Waals surface area contributed by atoms with E-state index in [9.17, 15) is 13.2 Å². The van der Waals surface area contributed by atoms with Gasteiger partial charge in [0.05, 0.1) is 29.6 Å². The van der Waals surface area contributed by atoms with Crippen LogP contribution < -0.4 is 0 Å². The molecule has 3 heterocycles. The average molecular weight is 436 g/mol. The second-order valence-corrected chi connectivity index (χ2v) is 10.1. The second-order valence-electron chi connectivity index (χ2n) is 7.25. The van der Waals surface area contributed by atoms with Crippen molar-refractivity contribution in [2.24, 2.45) is 0 Å². The van der Waals surface area contributed by atoms with Crippen LogP contribution in [0.1, 0.15) is 16.6 Å². The summed E-state index contributed by atoms with van der Waals surface area (Å²) in [7, 11) is -3.72. The zero-order valence-corrected chi connectivity index (χ0v) is 18.0. The lowest BCUT2D eigenvalue weighted by Gasteiger charge is -2.30. The van der Waals surface area contributed by atoms with Crippen molar-refractivity contribution in [3.05, 3.63) is 53.9 Å². The summed E-state index contributed by atoms with van der Waals surface area (Å²) < 4.78 is 33.1. The molecule has 0 N–H and O–H groups in total. The highest BCUT2D eigenvalue weighted by Gasteiger charge is 2.36. The molecule has 1 aromatic heterocycles. The number of nitrogens with zero attached hydrogens (tertiary/aromatic N) is 3. The molecule has 9 heteroatoms. The molecular formula is C20H25N3O4S2. The van der Waals surface area contributed by atoms with Crippen LogP contribution in [0.4, 0.5) is 0 Å². The van der Waals surface area contributed by atoms with Gasteiger partial charge in [0.2, 0.25) is 5.91 Å². The number of aromatic nitrogens is 1. The molecule has 0 aliphatic carbocycles. The van der Waals surface area contributed by atoms with Crippen LogP contribution in [0.15, 0.2) is 47.5 Å². The van der Waals surface area contributed by atoms with Crippen molar-refractivity contribution in [2.75, 3.05) is 45.1 Å². The fourth-order valence-electron chi connectivity index (χ4n) is 3.63. The molecule has 0 radical (unpaired) electrons. The van der Waals surface area contributed by atoms with Gasteiger partial charge in [0.25, 0.3) is 10.0 Å². The topological polar surface area (TPSA) is 71.9 Å². The van der Waals surface area contributed by atoms with Crippen LogP contribution in [-0.2, 0) is 19.6 Å². The number of benzene rings is 1. The number of thioether (sulfide) groups is 1. The van der Waals surface area contributed by atoms with E-state index in [1.165, 1.54) is 15.7 Å². The van der Waals surface area contributed by atoms with Crippen molar-refractivity contribution in [1.82, 2.24) is 13.8 Å². The van der Waals surface area contributed by atoms with E-state index >= 15 is 0 Å². The van der Waals surface area contributed by atoms with E-state index in [-0.39, 0.29) is 16.2 Å². The van der Waals surface area contributed by atoms with E-state index in [4.69, 9.17) is 4.74 Å². The highest BCUT2D eigenvalue weighted by Crippen LogP contribution is 2.39. The standard InChI is InChI=1S/C20H25N3O4S2/c1-16-4-6-17(7-5-16)29(25,26)23-8-2-3-18(23)20-22(19(24)15-28-20)10-9-21-11-13-27-14-12-21/h2-8,20H,9-15H2,1H3. The summed E-state index contributed by atoms with van der Waals surface area (Å²) in [5, 5.41) is -0.307. The van der Waals surface area contributed by atoms with Gasteiger partial charge in [-0.2, -0.15) is 0 Å². The van der Waals surface area contributed by atoms with Gasteiger partial charge < -0.3 is 9.64 Å². The Morgan fingerprint density at radius 3 is 2.55 bits per heavy atom. The fourth-order valence-corrected chi connectivity index (χ4v) is 6.30. The molecule has 2 aliphatic heterocycles. The molecule has 156 valence electrons. The molecular weight excluding hydrogens is 410 g/mol. The number of aryl methyl sites for hydroxylation is 1. The number of amides is 1. The molecule has 1 aromatic carbocycles. The predicted octanol–water partition coefficient (Wildman–Crippen LogP) is 1.94. The van der Waals surface area contributed by atoms with Gasteiger partial charge in [0.1, 0.15) is 5.37 Å². The normalized spacial score (nSPS) is 21.1. The quantitative estimate of drug-likeness (QED) is 0.691. The monoisotopic (exact) mass is 435 g/mol. The SMILES string of the molecule is Cc1ccc(S(=O)(=O)n2cccc2C2SCC(=O)N2CCN2CCOCC2)cc1. The Morgan fingerprint density at radius 1 is 1.10 bits per heavy atom.